The Morgan fingerprint density at radius 3 is 2.73 bits per heavy atom. The Balaban J connectivity index is 2.54. The zero-order valence-corrected chi connectivity index (χ0v) is 11.4. The summed E-state index contributed by atoms with van der Waals surface area (Å²) in [5.74, 6) is 0.734. The molecule has 0 heterocycles. The van der Waals surface area contributed by atoms with Crippen molar-refractivity contribution in [1.29, 1.82) is 0 Å². The maximum atomic E-state index is 3.59. The lowest BCUT2D eigenvalue weighted by atomic mass is 9.71. The SMILES string of the molecule is CCC1(C(C)C)CCc2ccc(Br)cc21. The van der Waals surface area contributed by atoms with Crippen molar-refractivity contribution in [3.63, 3.8) is 0 Å². The van der Waals surface area contributed by atoms with Crippen molar-refractivity contribution in [3.05, 3.63) is 33.8 Å². The molecule has 1 aliphatic rings. The van der Waals surface area contributed by atoms with E-state index in [9.17, 15) is 0 Å². The van der Waals surface area contributed by atoms with Gasteiger partial charge in [-0.3, -0.25) is 0 Å². The Morgan fingerprint density at radius 2 is 2.13 bits per heavy atom. The van der Waals surface area contributed by atoms with E-state index in [2.05, 4.69) is 54.9 Å². The molecule has 0 aromatic heterocycles. The van der Waals surface area contributed by atoms with Gasteiger partial charge in [0.2, 0.25) is 0 Å². The molecule has 0 fully saturated rings. The molecule has 0 nitrogen and oxygen atoms in total. The largest absolute Gasteiger partial charge is 0.0645 e. The number of halogens is 1. The van der Waals surface area contributed by atoms with Gasteiger partial charge in [-0.25, -0.2) is 0 Å². The second kappa shape index (κ2) is 3.93. The molecule has 0 aliphatic heterocycles. The molecule has 1 unspecified atom stereocenters. The van der Waals surface area contributed by atoms with Gasteiger partial charge in [-0.05, 0) is 53.9 Å². The highest BCUT2D eigenvalue weighted by Crippen LogP contribution is 2.47. The van der Waals surface area contributed by atoms with E-state index in [1.165, 1.54) is 23.7 Å². The predicted octanol–water partition coefficient (Wildman–Crippen LogP) is 4.70. The molecule has 0 saturated carbocycles. The maximum Gasteiger partial charge on any atom is 0.0178 e. The quantitative estimate of drug-likeness (QED) is 0.728. The first-order chi connectivity index (χ1) is 7.10. The lowest BCUT2D eigenvalue weighted by Gasteiger charge is -2.34. The molecular weight excluding hydrogens is 248 g/mol. The van der Waals surface area contributed by atoms with E-state index in [0.29, 0.717) is 5.41 Å². The number of aryl methyl sites for hydroxylation is 1. The summed E-state index contributed by atoms with van der Waals surface area (Å²) in [6, 6.07) is 6.80. The van der Waals surface area contributed by atoms with Gasteiger partial charge in [0.05, 0.1) is 0 Å². The third-order valence-corrected chi connectivity index (χ3v) is 4.68. The van der Waals surface area contributed by atoms with Crippen LogP contribution < -0.4 is 0 Å². The first-order valence-electron chi connectivity index (χ1n) is 5.89. The molecule has 1 aliphatic carbocycles. The van der Waals surface area contributed by atoms with Crippen molar-refractivity contribution in [2.45, 2.75) is 45.4 Å². The molecule has 1 heteroatoms. The summed E-state index contributed by atoms with van der Waals surface area (Å²) in [6.07, 6.45) is 3.84. The van der Waals surface area contributed by atoms with E-state index in [-0.39, 0.29) is 0 Å². The third-order valence-electron chi connectivity index (χ3n) is 4.18. The number of rotatable bonds is 2. The topological polar surface area (TPSA) is 0 Å². The summed E-state index contributed by atoms with van der Waals surface area (Å²) in [5.41, 5.74) is 3.59. The molecule has 1 aromatic carbocycles. The van der Waals surface area contributed by atoms with Crippen LogP contribution in [0.4, 0.5) is 0 Å². The fraction of sp³-hybridized carbons (Fsp3) is 0.571. The first-order valence-corrected chi connectivity index (χ1v) is 6.68. The summed E-state index contributed by atoms with van der Waals surface area (Å²) >= 11 is 3.59. The van der Waals surface area contributed by atoms with Gasteiger partial charge in [0.25, 0.3) is 0 Å². The fourth-order valence-corrected chi connectivity index (χ4v) is 3.46. The van der Waals surface area contributed by atoms with Gasteiger partial charge in [0.1, 0.15) is 0 Å². The monoisotopic (exact) mass is 266 g/mol. The molecule has 1 aromatic rings. The van der Waals surface area contributed by atoms with Crippen LogP contribution in [-0.4, -0.2) is 0 Å². The molecule has 0 N–H and O–H groups in total. The summed E-state index contributed by atoms with van der Waals surface area (Å²) in [5, 5.41) is 0. The highest BCUT2D eigenvalue weighted by atomic mass is 79.9. The minimum Gasteiger partial charge on any atom is -0.0645 e. The zero-order valence-electron chi connectivity index (χ0n) is 9.81. The number of fused-ring (bicyclic) bond motifs is 1. The lowest BCUT2D eigenvalue weighted by molar-refractivity contribution is 0.294. The molecule has 1 atom stereocenters. The summed E-state index contributed by atoms with van der Waals surface area (Å²) in [4.78, 5) is 0. The van der Waals surface area contributed by atoms with Gasteiger partial charge in [0, 0.05) is 4.47 Å². The van der Waals surface area contributed by atoms with Crippen LogP contribution >= 0.6 is 15.9 Å². The van der Waals surface area contributed by atoms with Crippen molar-refractivity contribution >= 4 is 15.9 Å². The van der Waals surface area contributed by atoms with E-state index in [1.54, 1.807) is 11.1 Å². The maximum absolute atomic E-state index is 3.59. The van der Waals surface area contributed by atoms with E-state index in [1.807, 2.05) is 0 Å². The smallest absolute Gasteiger partial charge is 0.0178 e. The second-order valence-corrected chi connectivity index (χ2v) is 5.88. The number of benzene rings is 1. The Hall–Kier alpha value is -0.300. The Bertz CT molecular complexity index is 368. The van der Waals surface area contributed by atoms with Gasteiger partial charge in [-0.1, -0.05) is 42.8 Å². The highest BCUT2D eigenvalue weighted by Gasteiger charge is 2.39. The van der Waals surface area contributed by atoms with Gasteiger partial charge in [0.15, 0.2) is 0 Å². The van der Waals surface area contributed by atoms with Crippen LogP contribution in [0.2, 0.25) is 0 Å². The summed E-state index contributed by atoms with van der Waals surface area (Å²) < 4.78 is 1.22. The molecule has 0 bridgehead atoms. The second-order valence-electron chi connectivity index (χ2n) is 4.97. The molecule has 0 saturated heterocycles. The van der Waals surface area contributed by atoms with Gasteiger partial charge >= 0.3 is 0 Å². The Morgan fingerprint density at radius 1 is 1.40 bits per heavy atom. The third kappa shape index (κ3) is 1.65. The van der Waals surface area contributed by atoms with E-state index in [4.69, 9.17) is 0 Å². The standard InChI is InChI=1S/C14H19Br/c1-4-14(10(2)3)8-7-11-5-6-12(15)9-13(11)14/h5-6,9-10H,4,7-8H2,1-3H3. The summed E-state index contributed by atoms with van der Waals surface area (Å²) in [7, 11) is 0. The van der Waals surface area contributed by atoms with Gasteiger partial charge in [-0.2, -0.15) is 0 Å². The molecule has 82 valence electrons. The molecule has 0 spiro atoms. The number of hydrogen-bond acceptors (Lipinski definition) is 0. The molecule has 15 heavy (non-hydrogen) atoms. The molecule has 0 radical (unpaired) electrons. The fourth-order valence-electron chi connectivity index (χ4n) is 3.10. The van der Waals surface area contributed by atoms with Crippen LogP contribution in [0.25, 0.3) is 0 Å². The Kier molecular flexibility index (Phi) is 2.94. The number of hydrogen-bond donors (Lipinski definition) is 0. The van der Waals surface area contributed by atoms with E-state index in [0.717, 1.165) is 5.92 Å². The van der Waals surface area contributed by atoms with Gasteiger partial charge < -0.3 is 0 Å². The summed E-state index contributed by atoms with van der Waals surface area (Å²) in [6.45, 7) is 7.05. The van der Waals surface area contributed by atoms with Crippen molar-refractivity contribution in [2.24, 2.45) is 5.92 Å². The van der Waals surface area contributed by atoms with Crippen LogP contribution in [0.3, 0.4) is 0 Å². The molecule has 2 rings (SSSR count). The average Bonchev–Trinajstić information content (AvgIpc) is 2.57. The Labute approximate surface area is 101 Å². The lowest BCUT2D eigenvalue weighted by Crippen LogP contribution is -2.28. The van der Waals surface area contributed by atoms with E-state index < -0.39 is 0 Å². The highest BCUT2D eigenvalue weighted by molar-refractivity contribution is 9.10. The van der Waals surface area contributed by atoms with Crippen molar-refractivity contribution in [2.75, 3.05) is 0 Å². The molecule has 0 amide bonds. The van der Waals surface area contributed by atoms with E-state index >= 15 is 0 Å². The molecular formula is C14H19Br. The van der Waals surface area contributed by atoms with Crippen LogP contribution in [0, 0.1) is 5.92 Å². The predicted molar refractivity (Wildman–Crippen MR) is 69.3 cm³/mol. The minimum absolute atomic E-state index is 0.430. The zero-order chi connectivity index (χ0) is 11.1. The van der Waals surface area contributed by atoms with Gasteiger partial charge in [-0.15, -0.1) is 0 Å². The normalized spacial score (nSPS) is 24.6. The van der Waals surface area contributed by atoms with Crippen LogP contribution in [-0.2, 0) is 11.8 Å². The first kappa shape index (κ1) is 11.2. The van der Waals surface area contributed by atoms with Crippen molar-refractivity contribution in [1.82, 2.24) is 0 Å². The van der Waals surface area contributed by atoms with Crippen LogP contribution in [0.1, 0.15) is 44.7 Å². The average molecular weight is 267 g/mol. The minimum atomic E-state index is 0.430. The van der Waals surface area contributed by atoms with Crippen molar-refractivity contribution in [3.8, 4) is 0 Å². The van der Waals surface area contributed by atoms with Crippen LogP contribution in [0.15, 0.2) is 22.7 Å². The van der Waals surface area contributed by atoms with Crippen LogP contribution in [0.5, 0.6) is 0 Å². The van der Waals surface area contributed by atoms with Crippen molar-refractivity contribution < 1.29 is 0 Å².